The molecule has 2 N–H and O–H groups in total. The molecule has 0 bridgehead atoms. The SMILES string of the molecule is Oc1cccc(O)c1C#Cc1ccccc1. The topological polar surface area (TPSA) is 40.5 Å². The fraction of sp³-hybridized carbons (Fsp3) is 0. The lowest BCUT2D eigenvalue weighted by Crippen LogP contribution is -1.78. The van der Waals surface area contributed by atoms with Gasteiger partial charge in [0.15, 0.2) is 0 Å². The van der Waals surface area contributed by atoms with Crippen LogP contribution in [0.15, 0.2) is 48.5 Å². The molecule has 2 nitrogen and oxygen atoms in total. The van der Waals surface area contributed by atoms with E-state index in [4.69, 9.17) is 0 Å². The Bertz CT molecular complexity index is 528. The van der Waals surface area contributed by atoms with Crippen LogP contribution in [-0.2, 0) is 0 Å². The van der Waals surface area contributed by atoms with Crippen molar-refractivity contribution in [3.8, 4) is 23.3 Å². The average molecular weight is 210 g/mol. The van der Waals surface area contributed by atoms with Gasteiger partial charge < -0.3 is 10.2 Å². The molecule has 2 aromatic carbocycles. The van der Waals surface area contributed by atoms with E-state index in [9.17, 15) is 10.2 Å². The molecule has 0 amide bonds. The number of rotatable bonds is 0. The summed E-state index contributed by atoms with van der Waals surface area (Å²) in [6.45, 7) is 0. The maximum Gasteiger partial charge on any atom is 0.134 e. The van der Waals surface area contributed by atoms with Crippen molar-refractivity contribution in [3.05, 3.63) is 59.7 Å². The Morgan fingerprint density at radius 1 is 0.688 bits per heavy atom. The smallest absolute Gasteiger partial charge is 0.134 e. The molecule has 78 valence electrons. The third-order valence-corrected chi connectivity index (χ3v) is 2.13. The van der Waals surface area contributed by atoms with Crippen LogP contribution in [0.2, 0.25) is 0 Å². The minimum atomic E-state index is -0.0107. The molecule has 0 aromatic heterocycles. The molecule has 0 fully saturated rings. The van der Waals surface area contributed by atoms with Gasteiger partial charge in [-0.15, -0.1) is 0 Å². The predicted molar refractivity (Wildman–Crippen MR) is 62.2 cm³/mol. The maximum absolute atomic E-state index is 9.51. The van der Waals surface area contributed by atoms with E-state index in [0.717, 1.165) is 5.56 Å². The largest absolute Gasteiger partial charge is 0.507 e. The van der Waals surface area contributed by atoms with E-state index in [2.05, 4.69) is 11.8 Å². The lowest BCUT2D eigenvalue weighted by molar-refractivity contribution is 0.448. The Labute approximate surface area is 93.8 Å². The molecule has 0 saturated heterocycles. The Morgan fingerprint density at radius 2 is 1.31 bits per heavy atom. The Hall–Kier alpha value is -2.40. The third kappa shape index (κ3) is 2.15. The van der Waals surface area contributed by atoms with Gasteiger partial charge in [-0.2, -0.15) is 0 Å². The molecule has 2 heteroatoms. The zero-order valence-corrected chi connectivity index (χ0v) is 8.51. The van der Waals surface area contributed by atoms with Crippen LogP contribution in [-0.4, -0.2) is 10.2 Å². The normalized spacial score (nSPS) is 9.25. The summed E-state index contributed by atoms with van der Waals surface area (Å²) in [6.07, 6.45) is 0. The number of phenolic OH excluding ortho intramolecular Hbond substituents is 2. The molecule has 0 saturated carbocycles. The number of benzene rings is 2. The van der Waals surface area contributed by atoms with Gasteiger partial charge in [-0.3, -0.25) is 0 Å². The number of hydrogen-bond donors (Lipinski definition) is 2. The first-order valence-corrected chi connectivity index (χ1v) is 4.85. The minimum absolute atomic E-state index is 0.0107. The van der Waals surface area contributed by atoms with Crippen molar-refractivity contribution in [2.24, 2.45) is 0 Å². The summed E-state index contributed by atoms with van der Waals surface area (Å²) in [6, 6.07) is 14.0. The Balaban J connectivity index is 2.39. The van der Waals surface area contributed by atoms with Gasteiger partial charge in [0.05, 0.1) is 0 Å². The molecule has 0 unspecified atom stereocenters. The lowest BCUT2D eigenvalue weighted by atomic mass is 10.1. The van der Waals surface area contributed by atoms with Crippen LogP contribution < -0.4 is 0 Å². The van der Waals surface area contributed by atoms with Gasteiger partial charge >= 0.3 is 0 Å². The molecule has 0 aliphatic heterocycles. The van der Waals surface area contributed by atoms with Gasteiger partial charge in [0.25, 0.3) is 0 Å². The summed E-state index contributed by atoms with van der Waals surface area (Å²) in [5.41, 5.74) is 1.09. The van der Waals surface area contributed by atoms with Crippen molar-refractivity contribution in [1.29, 1.82) is 0 Å². The number of phenols is 2. The monoisotopic (exact) mass is 210 g/mol. The van der Waals surface area contributed by atoms with Gasteiger partial charge in [0, 0.05) is 5.56 Å². The summed E-state index contributed by atoms with van der Waals surface area (Å²) in [7, 11) is 0. The van der Waals surface area contributed by atoms with E-state index >= 15 is 0 Å². The molecule has 0 aliphatic carbocycles. The zero-order valence-electron chi connectivity index (χ0n) is 8.51. The molecular formula is C14H10O2. The fourth-order valence-electron chi connectivity index (χ4n) is 1.31. The maximum atomic E-state index is 9.51. The van der Waals surface area contributed by atoms with Gasteiger partial charge in [0.2, 0.25) is 0 Å². The summed E-state index contributed by atoms with van der Waals surface area (Å²) in [4.78, 5) is 0. The van der Waals surface area contributed by atoms with Crippen LogP contribution >= 0.6 is 0 Å². The summed E-state index contributed by atoms with van der Waals surface area (Å²) < 4.78 is 0. The van der Waals surface area contributed by atoms with Crippen molar-refractivity contribution >= 4 is 0 Å². The first-order chi connectivity index (χ1) is 7.77. The third-order valence-electron chi connectivity index (χ3n) is 2.13. The van der Waals surface area contributed by atoms with Crippen LogP contribution in [0.5, 0.6) is 11.5 Å². The molecule has 16 heavy (non-hydrogen) atoms. The second kappa shape index (κ2) is 4.41. The second-order valence-electron chi connectivity index (χ2n) is 3.29. The average Bonchev–Trinajstić information content (AvgIpc) is 2.30. The van der Waals surface area contributed by atoms with E-state index in [1.807, 2.05) is 30.3 Å². The number of hydrogen-bond acceptors (Lipinski definition) is 2. The highest BCUT2D eigenvalue weighted by Crippen LogP contribution is 2.24. The van der Waals surface area contributed by atoms with Crippen LogP contribution in [0.25, 0.3) is 0 Å². The molecule has 2 aromatic rings. The standard InChI is InChI=1S/C14H10O2/c15-13-7-4-8-14(16)12(13)10-9-11-5-2-1-3-6-11/h1-8,15-16H. The molecule has 0 aliphatic rings. The summed E-state index contributed by atoms with van der Waals surface area (Å²) in [5.74, 6) is 5.60. The van der Waals surface area contributed by atoms with Gasteiger partial charge in [-0.1, -0.05) is 36.1 Å². The highest BCUT2D eigenvalue weighted by Gasteiger charge is 2.02. The Morgan fingerprint density at radius 3 is 1.94 bits per heavy atom. The molecule has 0 atom stereocenters. The molecule has 2 rings (SSSR count). The second-order valence-corrected chi connectivity index (χ2v) is 3.29. The van der Waals surface area contributed by atoms with Gasteiger partial charge in [0.1, 0.15) is 17.1 Å². The van der Waals surface area contributed by atoms with Crippen molar-refractivity contribution in [2.75, 3.05) is 0 Å². The van der Waals surface area contributed by atoms with E-state index in [-0.39, 0.29) is 17.1 Å². The molecular weight excluding hydrogens is 200 g/mol. The van der Waals surface area contributed by atoms with Crippen LogP contribution in [0.1, 0.15) is 11.1 Å². The predicted octanol–water partition coefficient (Wildman–Crippen LogP) is 2.50. The van der Waals surface area contributed by atoms with Crippen LogP contribution in [0.3, 0.4) is 0 Å². The zero-order chi connectivity index (χ0) is 11.4. The van der Waals surface area contributed by atoms with Crippen LogP contribution in [0, 0.1) is 11.8 Å². The summed E-state index contributed by atoms with van der Waals surface area (Å²) >= 11 is 0. The minimum Gasteiger partial charge on any atom is -0.507 e. The first kappa shape index (κ1) is 10.1. The number of aromatic hydroxyl groups is 2. The van der Waals surface area contributed by atoms with Crippen molar-refractivity contribution in [3.63, 3.8) is 0 Å². The van der Waals surface area contributed by atoms with Crippen molar-refractivity contribution < 1.29 is 10.2 Å². The van der Waals surface area contributed by atoms with E-state index in [0.29, 0.717) is 0 Å². The van der Waals surface area contributed by atoms with E-state index in [1.54, 1.807) is 6.07 Å². The lowest BCUT2D eigenvalue weighted by Gasteiger charge is -1.98. The van der Waals surface area contributed by atoms with Crippen molar-refractivity contribution in [2.45, 2.75) is 0 Å². The van der Waals surface area contributed by atoms with Gasteiger partial charge in [-0.25, -0.2) is 0 Å². The quantitative estimate of drug-likeness (QED) is 0.656. The highest BCUT2D eigenvalue weighted by atomic mass is 16.3. The summed E-state index contributed by atoms with van der Waals surface area (Å²) in [5, 5.41) is 19.0. The highest BCUT2D eigenvalue weighted by molar-refractivity contribution is 5.55. The molecule has 0 heterocycles. The van der Waals surface area contributed by atoms with E-state index in [1.165, 1.54) is 12.1 Å². The molecule has 0 spiro atoms. The van der Waals surface area contributed by atoms with Crippen molar-refractivity contribution in [1.82, 2.24) is 0 Å². The first-order valence-electron chi connectivity index (χ1n) is 4.85. The molecule has 0 radical (unpaired) electrons. The van der Waals surface area contributed by atoms with Gasteiger partial charge in [-0.05, 0) is 24.3 Å². The fourth-order valence-corrected chi connectivity index (χ4v) is 1.31. The van der Waals surface area contributed by atoms with Crippen LogP contribution in [0.4, 0.5) is 0 Å². The van der Waals surface area contributed by atoms with E-state index < -0.39 is 0 Å². The Kier molecular flexibility index (Phi) is 2.79.